The fourth-order valence-electron chi connectivity index (χ4n) is 2.95. The number of anilines is 1. The number of nitrogens with one attached hydrogen (secondary N) is 2. The molecule has 0 aromatic heterocycles. The summed E-state index contributed by atoms with van der Waals surface area (Å²) >= 11 is 5.51. The largest absolute Gasteiger partial charge is 0.493 e. The van der Waals surface area contributed by atoms with Crippen LogP contribution in [0.2, 0.25) is 0 Å². The molecule has 5 heteroatoms. The van der Waals surface area contributed by atoms with Crippen LogP contribution in [0.5, 0.6) is 11.5 Å². The molecule has 0 heterocycles. The zero-order valence-electron chi connectivity index (χ0n) is 16.8. The van der Waals surface area contributed by atoms with Crippen molar-refractivity contribution in [3.63, 3.8) is 0 Å². The molecule has 2 aromatic rings. The van der Waals surface area contributed by atoms with Crippen molar-refractivity contribution < 1.29 is 9.47 Å². The summed E-state index contributed by atoms with van der Waals surface area (Å²) in [6.07, 6.45) is 2.09. The maximum Gasteiger partial charge on any atom is 0.171 e. The maximum atomic E-state index is 5.51. The summed E-state index contributed by atoms with van der Waals surface area (Å²) < 4.78 is 10.6. The van der Waals surface area contributed by atoms with E-state index >= 15 is 0 Å². The molecule has 0 radical (unpaired) electrons. The van der Waals surface area contributed by atoms with Gasteiger partial charge in [0.15, 0.2) is 16.6 Å². The van der Waals surface area contributed by atoms with Crippen molar-refractivity contribution in [3.05, 3.63) is 53.6 Å². The molecule has 4 nitrogen and oxygen atoms in total. The summed E-state index contributed by atoms with van der Waals surface area (Å²) in [6, 6.07) is 14.6. The van der Waals surface area contributed by atoms with E-state index in [9.17, 15) is 0 Å². The highest BCUT2D eigenvalue weighted by Crippen LogP contribution is 2.30. The van der Waals surface area contributed by atoms with Crippen LogP contribution in [0.25, 0.3) is 0 Å². The normalized spacial score (nSPS) is 12.8. The quantitative estimate of drug-likeness (QED) is 0.574. The van der Waals surface area contributed by atoms with E-state index in [1.807, 2.05) is 18.2 Å². The molecule has 2 aromatic carbocycles. The highest BCUT2D eigenvalue weighted by atomic mass is 32.1. The van der Waals surface area contributed by atoms with Crippen molar-refractivity contribution in [1.29, 1.82) is 0 Å². The molecule has 146 valence electrons. The summed E-state index contributed by atoms with van der Waals surface area (Å²) in [4.78, 5) is 0. The topological polar surface area (TPSA) is 42.5 Å². The van der Waals surface area contributed by atoms with Crippen LogP contribution >= 0.6 is 12.2 Å². The monoisotopic (exact) mass is 386 g/mol. The SMILES string of the molecule is CC[C@H](C)c1ccc([C@@H](CC)NC(=S)Nc2ccc(OC)c(OC)c2)cc1. The average molecular weight is 387 g/mol. The molecule has 0 amide bonds. The predicted molar refractivity (Wildman–Crippen MR) is 117 cm³/mol. The first-order valence-electron chi connectivity index (χ1n) is 9.41. The van der Waals surface area contributed by atoms with Crippen LogP contribution < -0.4 is 20.1 Å². The number of hydrogen-bond acceptors (Lipinski definition) is 3. The Balaban J connectivity index is 2.04. The third-order valence-electron chi connectivity index (χ3n) is 4.88. The van der Waals surface area contributed by atoms with Crippen LogP contribution in [-0.2, 0) is 0 Å². The van der Waals surface area contributed by atoms with Gasteiger partial charge in [0.25, 0.3) is 0 Å². The second-order valence-electron chi connectivity index (χ2n) is 6.61. The van der Waals surface area contributed by atoms with Crippen LogP contribution in [0.4, 0.5) is 5.69 Å². The smallest absolute Gasteiger partial charge is 0.171 e. The molecule has 0 aliphatic rings. The minimum absolute atomic E-state index is 0.163. The van der Waals surface area contributed by atoms with Gasteiger partial charge in [-0.05, 0) is 54.2 Å². The van der Waals surface area contributed by atoms with E-state index in [0.717, 1.165) is 18.5 Å². The van der Waals surface area contributed by atoms with E-state index in [-0.39, 0.29) is 6.04 Å². The second-order valence-corrected chi connectivity index (χ2v) is 7.01. The van der Waals surface area contributed by atoms with Gasteiger partial charge in [-0.2, -0.15) is 0 Å². The van der Waals surface area contributed by atoms with Gasteiger partial charge in [0.1, 0.15) is 0 Å². The van der Waals surface area contributed by atoms with Crippen LogP contribution in [-0.4, -0.2) is 19.3 Å². The van der Waals surface area contributed by atoms with Gasteiger partial charge in [0.05, 0.1) is 20.3 Å². The van der Waals surface area contributed by atoms with E-state index in [1.165, 1.54) is 11.1 Å². The van der Waals surface area contributed by atoms with E-state index in [4.69, 9.17) is 21.7 Å². The predicted octanol–water partition coefficient (Wildman–Crippen LogP) is 5.66. The molecule has 0 saturated carbocycles. The lowest BCUT2D eigenvalue weighted by Gasteiger charge is -2.21. The highest BCUT2D eigenvalue weighted by molar-refractivity contribution is 7.80. The van der Waals surface area contributed by atoms with Crippen LogP contribution in [0.15, 0.2) is 42.5 Å². The van der Waals surface area contributed by atoms with Crippen LogP contribution in [0.1, 0.15) is 56.7 Å². The van der Waals surface area contributed by atoms with Crippen molar-refractivity contribution in [2.24, 2.45) is 0 Å². The lowest BCUT2D eigenvalue weighted by molar-refractivity contribution is 0.355. The minimum atomic E-state index is 0.163. The summed E-state index contributed by atoms with van der Waals surface area (Å²) in [7, 11) is 3.24. The third kappa shape index (κ3) is 5.60. The maximum absolute atomic E-state index is 5.51. The molecule has 0 aliphatic heterocycles. The van der Waals surface area contributed by atoms with Gasteiger partial charge in [-0.25, -0.2) is 0 Å². The van der Waals surface area contributed by atoms with Gasteiger partial charge in [-0.3, -0.25) is 0 Å². The zero-order chi connectivity index (χ0) is 19.8. The van der Waals surface area contributed by atoms with Crippen molar-refractivity contribution in [3.8, 4) is 11.5 Å². The Morgan fingerprint density at radius 1 is 0.926 bits per heavy atom. The number of methoxy groups -OCH3 is 2. The first-order chi connectivity index (χ1) is 13.0. The number of ether oxygens (including phenoxy) is 2. The fourth-order valence-corrected chi connectivity index (χ4v) is 3.21. The van der Waals surface area contributed by atoms with Crippen LogP contribution in [0, 0.1) is 0 Å². The first kappa shape index (κ1) is 21.0. The number of rotatable bonds is 8. The van der Waals surface area contributed by atoms with Gasteiger partial charge < -0.3 is 20.1 Å². The fraction of sp³-hybridized carbons (Fsp3) is 0.409. The summed E-state index contributed by atoms with van der Waals surface area (Å²) in [5.74, 6) is 1.94. The summed E-state index contributed by atoms with van der Waals surface area (Å²) in [5.41, 5.74) is 3.47. The van der Waals surface area contributed by atoms with E-state index < -0.39 is 0 Å². The van der Waals surface area contributed by atoms with E-state index in [0.29, 0.717) is 22.5 Å². The van der Waals surface area contributed by atoms with Crippen molar-refractivity contribution >= 4 is 23.0 Å². The number of hydrogen-bond donors (Lipinski definition) is 2. The minimum Gasteiger partial charge on any atom is -0.493 e. The van der Waals surface area contributed by atoms with Crippen molar-refractivity contribution in [1.82, 2.24) is 5.32 Å². The highest BCUT2D eigenvalue weighted by Gasteiger charge is 2.12. The standard InChI is InChI=1S/C22H30N2O2S/c1-6-15(3)16-8-10-17(11-9-16)19(7-2)24-22(27)23-18-12-13-20(25-4)21(14-18)26-5/h8-15,19H,6-7H2,1-5H3,(H2,23,24,27)/t15-,19+/m0/s1. The Morgan fingerprint density at radius 2 is 1.56 bits per heavy atom. The third-order valence-corrected chi connectivity index (χ3v) is 5.10. The molecule has 2 rings (SSSR count). The molecular formula is C22H30N2O2S. The molecule has 2 atom stereocenters. The first-order valence-corrected chi connectivity index (χ1v) is 9.82. The van der Waals surface area contributed by atoms with Crippen molar-refractivity contribution in [2.45, 2.75) is 45.6 Å². The Morgan fingerprint density at radius 3 is 2.11 bits per heavy atom. The average Bonchev–Trinajstić information content (AvgIpc) is 2.71. The second kappa shape index (κ2) is 10.2. The molecular weight excluding hydrogens is 356 g/mol. The Kier molecular flexibility index (Phi) is 7.92. The molecule has 2 N–H and O–H groups in total. The van der Waals surface area contributed by atoms with Crippen LogP contribution in [0.3, 0.4) is 0 Å². The van der Waals surface area contributed by atoms with Gasteiger partial charge >= 0.3 is 0 Å². The lowest BCUT2D eigenvalue weighted by Crippen LogP contribution is -2.32. The molecule has 0 spiro atoms. The van der Waals surface area contributed by atoms with E-state index in [1.54, 1.807) is 14.2 Å². The van der Waals surface area contributed by atoms with Gasteiger partial charge in [-0.15, -0.1) is 0 Å². The molecule has 0 saturated heterocycles. The number of benzene rings is 2. The lowest BCUT2D eigenvalue weighted by atomic mass is 9.95. The van der Waals surface area contributed by atoms with Gasteiger partial charge in [-0.1, -0.05) is 45.0 Å². The molecule has 0 aliphatic carbocycles. The Bertz CT molecular complexity index is 746. The summed E-state index contributed by atoms with van der Waals surface area (Å²) in [6.45, 7) is 6.62. The Labute approximate surface area is 168 Å². The molecule has 0 fully saturated rings. The molecule has 27 heavy (non-hydrogen) atoms. The Hall–Kier alpha value is -2.27. The van der Waals surface area contributed by atoms with Gasteiger partial charge in [0.2, 0.25) is 0 Å². The van der Waals surface area contributed by atoms with E-state index in [2.05, 4.69) is 55.7 Å². The zero-order valence-corrected chi connectivity index (χ0v) is 17.7. The number of thiocarbonyl (C=S) groups is 1. The molecule has 0 bridgehead atoms. The van der Waals surface area contributed by atoms with Crippen molar-refractivity contribution in [2.75, 3.05) is 19.5 Å². The summed E-state index contributed by atoms with van der Waals surface area (Å²) in [5, 5.41) is 7.22. The van der Waals surface area contributed by atoms with Gasteiger partial charge in [0, 0.05) is 11.8 Å². The molecule has 0 unspecified atom stereocenters.